The Kier molecular flexibility index (Phi) is 4.42. The number of hydrogen-bond donors (Lipinski definition) is 1. The molecule has 2 aromatic carbocycles. The zero-order chi connectivity index (χ0) is 18.9. The fraction of sp³-hybridized carbons (Fsp3) is 0.176. The molecule has 1 N–H and O–H groups in total. The van der Waals surface area contributed by atoms with Crippen LogP contribution in [0.25, 0.3) is 21.9 Å². The molecule has 138 valence electrons. The van der Waals surface area contributed by atoms with Crippen molar-refractivity contribution in [3.63, 3.8) is 0 Å². The summed E-state index contributed by atoms with van der Waals surface area (Å²) in [5.41, 5.74) is 1.04. The molecule has 0 amide bonds. The van der Waals surface area contributed by atoms with E-state index in [-0.39, 0.29) is 24.4 Å². The highest BCUT2D eigenvalue weighted by Gasteiger charge is 2.17. The van der Waals surface area contributed by atoms with Crippen molar-refractivity contribution < 1.29 is 12.9 Å². The summed E-state index contributed by atoms with van der Waals surface area (Å²) in [4.78, 5) is 12.3. The van der Waals surface area contributed by atoms with Gasteiger partial charge >= 0.3 is 0 Å². The van der Waals surface area contributed by atoms with E-state index in [1.54, 1.807) is 48.5 Å². The number of fused-ring (bicyclic) bond motifs is 2. The van der Waals surface area contributed by atoms with Gasteiger partial charge in [-0.1, -0.05) is 34.6 Å². The number of hydrogen-bond acceptors (Lipinski definition) is 7. The van der Waals surface area contributed by atoms with Gasteiger partial charge in [0.15, 0.2) is 5.58 Å². The van der Waals surface area contributed by atoms with Gasteiger partial charge in [-0.15, -0.1) is 5.10 Å². The van der Waals surface area contributed by atoms with E-state index >= 15 is 0 Å². The average Bonchev–Trinajstić information content (AvgIpc) is 3.06. The van der Waals surface area contributed by atoms with Crippen LogP contribution in [0, 0.1) is 0 Å². The van der Waals surface area contributed by atoms with Crippen LogP contribution in [0.2, 0.25) is 0 Å². The summed E-state index contributed by atoms with van der Waals surface area (Å²) < 4.78 is 33.3. The van der Waals surface area contributed by atoms with Crippen LogP contribution in [-0.2, 0) is 22.3 Å². The number of benzene rings is 2. The highest BCUT2D eigenvalue weighted by atomic mass is 32.2. The normalized spacial score (nSPS) is 12.0. The molecule has 0 saturated heterocycles. The summed E-state index contributed by atoms with van der Waals surface area (Å²) >= 11 is 0. The molecule has 0 fully saturated rings. The van der Waals surface area contributed by atoms with Crippen LogP contribution in [0.4, 0.5) is 0 Å². The van der Waals surface area contributed by atoms with Crippen molar-refractivity contribution in [2.75, 3.05) is 6.54 Å². The van der Waals surface area contributed by atoms with E-state index in [2.05, 4.69) is 20.2 Å². The zero-order valence-electron chi connectivity index (χ0n) is 14.1. The maximum Gasteiger partial charge on any atom is 0.277 e. The Morgan fingerprint density at radius 3 is 2.63 bits per heavy atom. The first kappa shape index (κ1) is 17.3. The van der Waals surface area contributed by atoms with E-state index in [4.69, 9.17) is 4.52 Å². The number of nitrogens with zero attached hydrogens (tertiary/aromatic N) is 4. The van der Waals surface area contributed by atoms with Crippen LogP contribution < -0.4 is 10.3 Å². The quantitative estimate of drug-likeness (QED) is 0.527. The van der Waals surface area contributed by atoms with E-state index < -0.39 is 10.0 Å². The van der Waals surface area contributed by atoms with Crippen molar-refractivity contribution in [2.45, 2.75) is 12.3 Å². The average molecular weight is 385 g/mol. The molecule has 0 saturated carbocycles. The summed E-state index contributed by atoms with van der Waals surface area (Å²) in [6.07, 6.45) is 0. The molecule has 0 unspecified atom stereocenters. The Labute approximate surface area is 153 Å². The molecular formula is C17H15N5O4S. The van der Waals surface area contributed by atoms with Gasteiger partial charge in [-0.25, -0.2) is 17.8 Å². The fourth-order valence-corrected chi connectivity index (χ4v) is 3.82. The molecule has 2 heterocycles. The third kappa shape index (κ3) is 3.57. The van der Waals surface area contributed by atoms with Crippen molar-refractivity contribution in [3.05, 3.63) is 64.6 Å². The molecule has 0 bridgehead atoms. The van der Waals surface area contributed by atoms with Gasteiger partial charge < -0.3 is 4.52 Å². The molecule has 0 aliphatic rings. The minimum atomic E-state index is -3.66. The number of sulfonamides is 1. The molecule has 0 atom stereocenters. The monoisotopic (exact) mass is 385 g/mol. The van der Waals surface area contributed by atoms with E-state index in [9.17, 15) is 13.2 Å². The van der Waals surface area contributed by atoms with Gasteiger partial charge in [-0.2, -0.15) is 0 Å². The van der Waals surface area contributed by atoms with Gasteiger partial charge in [0.1, 0.15) is 17.0 Å². The number of nitrogens with one attached hydrogen (secondary N) is 1. The second kappa shape index (κ2) is 6.89. The number of rotatable bonds is 6. The van der Waals surface area contributed by atoms with Gasteiger partial charge in [0.2, 0.25) is 10.0 Å². The standard InChI is InChI=1S/C17H15N5O4S/c23-17-13-6-1-3-7-14(13)19-21-22(17)10-9-18-27(24,25)11-15-12-5-2-4-8-16(12)26-20-15/h1-8,18H,9-11H2. The fourth-order valence-electron chi connectivity index (χ4n) is 2.75. The molecule has 0 aliphatic carbocycles. The lowest BCUT2D eigenvalue weighted by atomic mass is 10.2. The smallest absolute Gasteiger partial charge is 0.277 e. The lowest BCUT2D eigenvalue weighted by molar-refractivity contribution is 0.448. The summed E-state index contributed by atoms with van der Waals surface area (Å²) in [5, 5.41) is 12.7. The Balaban J connectivity index is 1.45. The maximum absolute atomic E-state index is 12.3. The van der Waals surface area contributed by atoms with Crippen LogP contribution in [0.3, 0.4) is 0 Å². The zero-order valence-corrected chi connectivity index (χ0v) is 14.9. The van der Waals surface area contributed by atoms with E-state index in [0.29, 0.717) is 27.6 Å². The van der Waals surface area contributed by atoms with Crippen molar-refractivity contribution >= 4 is 31.9 Å². The Bertz CT molecular complexity index is 1280. The van der Waals surface area contributed by atoms with Crippen molar-refractivity contribution in [2.24, 2.45) is 0 Å². The molecular weight excluding hydrogens is 370 g/mol. The molecule has 27 heavy (non-hydrogen) atoms. The van der Waals surface area contributed by atoms with Gasteiger partial charge in [0, 0.05) is 11.9 Å². The van der Waals surface area contributed by atoms with Crippen LogP contribution in [0.1, 0.15) is 5.69 Å². The lowest BCUT2D eigenvalue weighted by Gasteiger charge is -2.07. The predicted molar refractivity (Wildman–Crippen MR) is 98.4 cm³/mol. The molecule has 2 aromatic heterocycles. The molecule has 4 rings (SSSR count). The first-order valence-electron chi connectivity index (χ1n) is 8.17. The maximum atomic E-state index is 12.3. The first-order chi connectivity index (χ1) is 13.0. The van der Waals surface area contributed by atoms with E-state index in [0.717, 1.165) is 4.68 Å². The first-order valence-corrected chi connectivity index (χ1v) is 9.82. The van der Waals surface area contributed by atoms with Crippen molar-refractivity contribution in [3.8, 4) is 0 Å². The second-order valence-electron chi connectivity index (χ2n) is 5.91. The highest BCUT2D eigenvalue weighted by Crippen LogP contribution is 2.19. The van der Waals surface area contributed by atoms with E-state index in [1.165, 1.54) is 0 Å². The van der Waals surface area contributed by atoms with Crippen molar-refractivity contribution in [1.82, 2.24) is 24.9 Å². The third-order valence-corrected chi connectivity index (χ3v) is 5.35. The SMILES string of the molecule is O=c1c2ccccc2nnn1CCNS(=O)(=O)Cc1noc2ccccc12. The molecule has 10 heteroatoms. The van der Waals surface area contributed by atoms with Crippen LogP contribution >= 0.6 is 0 Å². The number of aromatic nitrogens is 4. The molecule has 0 aliphatic heterocycles. The Hall–Kier alpha value is -3.11. The Morgan fingerprint density at radius 1 is 1.04 bits per heavy atom. The van der Waals surface area contributed by atoms with Crippen LogP contribution in [0.15, 0.2) is 57.8 Å². The topological polar surface area (TPSA) is 120 Å². The second-order valence-corrected chi connectivity index (χ2v) is 7.72. The summed E-state index contributed by atoms with van der Waals surface area (Å²) in [6, 6.07) is 13.9. The highest BCUT2D eigenvalue weighted by molar-refractivity contribution is 7.88. The summed E-state index contributed by atoms with van der Waals surface area (Å²) in [6.45, 7) is 0.0699. The summed E-state index contributed by atoms with van der Waals surface area (Å²) in [7, 11) is -3.66. The summed E-state index contributed by atoms with van der Waals surface area (Å²) in [5.74, 6) is -0.317. The van der Waals surface area contributed by atoms with E-state index in [1.807, 2.05) is 0 Å². The van der Waals surface area contributed by atoms with Crippen LogP contribution in [-0.4, -0.2) is 35.1 Å². The van der Waals surface area contributed by atoms with Crippen LogP contribution in [0.5, 0.6) is 0 Å². The molecule has 0 radical (unpaired) electrons. The number of para-hydroxylation sites is 1. The molecule has 0 spiro atoms. The van der Waals surface area contributed by atoms with Crippen molar-refractivity contribution in [1.29, 1.82) is 0 Å². The molecule has 4 aromatic rings. The minimum Gasteiger partial charge on any atom is -0.356 e. The molecule has 9 nitrogen and oxygen atoms in total. The predicted octanol–water partition coefficient (Wildman–Crippen LogP) is 1.05. The van der Waals surface area contributed by atoms with Gasteiger partial charge in [0.05, 0.1) is 11.9 Å². The van der Waals surface area contributed by atoms with Gasteiger partial charge in [0.25, 0.3) is 5.56 Å². The minimum absolute atomic E-state index is 0.00500. The largest absolute Gasteiger partial charge is 0.356 e. The van der Waals surface area contributed by atoms with Gasteiger partial charge in [-0.3, -0.25) is 4.79 Å². The third-order valence-electron chi connectivity index (χ3n) is 4.05. The van der Waals surface area contributed by atoms with Gasteiger partial charge in [-0.05, 0) is 24.3 Å². The lowest BCUT2D eigenvalue weighted by Crippen LogP contribution is -2.33. The Morgan fingerprint density at radius 2 is 1.78 bits per heavy atom.